The first-order valence-corrected chi connectivity index (χ1v) is 6.18. The predicted octanol–water partition coefficient (Wildman–Crippen LogP) is 1.39. The highest BCUT2D eigenvalue weighted by Crippen LogP contribution is 2.15. The Bertz CT molecular complexity index is 357. The number of amides is 2. The molecular formula is C10H15N3O3S. The molecule has 1 aromatic rings. The van der Waals surface area contributed by atoms with E-state index >= 15 is 0 Å². The van der Waals surface area contributed by atoms with Gasteiger partial charge in [0.2, 0.25) is 0 Å². The summed E-state index contributed by atoms with van der Waals surface area (Å²) in [6.45, 7) is 4.48. The molecule has 0 aliphatic carbocycles. The van der Waals surface area contributed by atoms with Crippen LogP contribution < -0.4 is 10.6 Å². The number of hydrogen-bond acceptors (Lipinski definition) is 5. The molecule has 1 heterocycles. The van der Waals surface area contributed by atoms with E-state index in [2.05, 4.69) is 15.6 Å². The van der Waals surface area contributed by atoms with Crippen LogP contribution in [0.5, 0.6) is 0 Å². The maximum Gasteiger partial charge on any atom is 0.321 e. The number of carbonyl (C=O) groups excluding carboxylic acids is 2. The van der Waals surface area contributed by atoms with Crippen molar-refractivity contribution in [3.63, 3.8) is 0 Å². The van der Waals surface area contributed by atoms with Gasteiger partial charge in [-0.1, -0.05) is 0 Å². The zero-order valence-corrected chi connectivity index (χ0v) is 10.6. The first-order valence-electron chi connectivity index (χ1n) is 5.30. The standard InChI is InChI=1S/C10H15N3O3S/c1-3-11-9(15)13-10-12-7(6-17-10)5-8(14)16-4-2/h6H,3-5H2,1-2H3,(H2,11,12,13,15). The number of thiazole rings is 1. The minimum atomic E-state index is -0.317. The van der Waals surface area contributed by atoms with Gasteiger partial charge in [0, 0.05) is 11.9 Å². The third kappa shape index (κ3) is 4.81. The molecule has 0 atom stereocenters. The first-order chi connectivity index (χ1) is 8.15. The Balaban J connectivity index is 2.47. The second-order valence-corrected chi connectivity index (χ2v) is 3.97. The fourth-order valence-electron chi connectivity index (χ4n) is 1.11. The normalized spacial score (nSPS) is 9.76. The maximum atomic E-state index is 11.2. The Morgan fingerprint density at radius 1 is 1.47 bits per heavy atom. The van der Waals surface area contributed by atoms with E-state index in [1.165, 1.54) is 11.3 Å². The van der Waals surface area contributed by atoms with Gasteiger partial charge in [-0.25, -0.2) is 9.78 Å². The van der Waals surface area contributed by atoms with Crippen molar-refractivity contribution in [3.05, 3.63) is 11.1 Å². The van der Waals surface area contributed by atoms with Gasteiger partial charge in [0.25, 0.3) is 0 Å². The van der Waals surface area contributed by atoms with Crippen LogP contribution in [-0.2, 0) is 16.0 Å². The summed E-state index contributed by atoms with van der Waals surface area (Å²) in [6, 6.07) is -0.301. The van der Waals surface area contributed by atoms with Gasteiger partial charge in [-0.15, -0.1) is 11.3 Å². The van der Waals surface area contributed by atoms with E-state index in [4.69, 9.17) is 4.74 Å². The molecule has 0 fully saturated rings. The number of ether oxygens (including phenoxy) is 1. The van der Waals surface area contributed by atoms with Crippen LogP contribution in [0.2, 0.25) is 0 Å². The molecule has 7 heteroatoms. The third-order valence-corrected chi connectivity index (χ3v) is 2.55. The second-order valence-electron chi connectivity index (χ2n) is 3.11. The van der Waals surface area contributed by atoms with Crippen molar-refractivity contribution in [1.29, 1.82) is 0 Å². The quantitative estimate of drug-likeness (QED) is 0.781. The van der Waals surface area contributed by atoms with Gasteiger partial charge in [0.1, 0.15) is 0 Å². The number of anilines is 1. The van der Waals surface area contributed by atoms with Crippen LogP contribution in [0.1, 0.15) is 19.5 Å². The van der Waals surface area contributed by atoms with Crippen LogP contribution in [0.4, 0.5) is 9.93 Å². The molecule has 0 radical (unpaired) electrons. The van der Waals surface area contributed by atoms with Crippen LogP contribution in [-0.4, -0.2) is 30.1 Å². The first kappa shape index (κ1) is 13.4. The lowest BCUT2D eigenvalue weighted by atomic mass is 10.3. The van der Waals surface area contributed by atoms with Gasteiger partial charge in [0.05, 0.1) is 18.7 Å². The molecule has 0 bridgehead atoms. The summed E-state index contributed by atoms with van der Waals surface area (Å²) in [4.78, 5) is 26.5. The number of carbonyl (C=O) groups is 2. The number of aromatic nitrogens is 1. The Labute approximate surface area is 103 Å². The van der Waals surface area contributed by atoms with E-state index in [0.29, 0.717) is 24.0 Å². The lowest BCUT2D eigenvalue weighted by Crippen LogP contribution is -2.28. The molecule has 1 aromatic heterocycles. The van der Waals surface area contributed by atoms with Crippen molar-refractivity contribution in [1.82, 2.24) is 10.3 Å². The topological polar surface area (TPSA) is 80.3 Å². The van der Waals surface area contributed by atoms with Crippen molar-refractivity contribution in [2.45, 2.75) is 20.3 Å². The van der Waals surface area contributed by atoms with Gasteiger partial charge in [-0.2, -0.15) is 0 Å². The second kappa shape index (κ2) is 6.85. The molecule has 17 heavy (non-hydrogen) atoms. The molecule has 0 saturated carbocycles. The molecule has 94 valence electrons. The highest BCUT2D eigenvalue weighted by atomic mass is 32.1. The van der Waals surface area contributed by atoms with E-state index in [-0.39, 0.29) is 18.4 Å². The van der Waals surface area contributed by atoms with E-state index in [1.807, 2.05) is 6.92 Å². The molecular weight excluding hydrogens is 242 g/mol. The van der Waals surface area contributed by atoms with Gasteiger partial charge in [-0.05, 0) is 13.8 Å². The van der Waals surface area contributed by atoms with Gasteiger partial charge < -0.3 is 10.1 Å². The number of esters is 1. The van der Waals surface area contributed by atoms with Crippen molar-refractivity contribution < 1.29 is 14.3 Å². The molecule has 0 saturated heterocycles. The molecule has 1 rings (SSSR count). The summed E-state index contributed by atoms with van der Waals surface area (Å²) in [6.07, 6.45) is 0.126. The van der Waals surface area contributed by atoms with Crippen LogP contribution in [0.25, 0.3) is 0 Å². The zero-order valence-electron chi connectivity index (χ0n) is 9.78. The lowest BCUT2D eigenvalue weighted by Gasteiger charge is -2.01. The van der Waals surface area contributed by atoms with Crippen LogP contribution in [0.15, 0.2) is 5.38 Å². The summed E-state index contributed by atoms with van der Waals surface area (Å²) in [5.41, 5.74) is 0.597. The summed E-state index contributed by atoms with van der Waals surface area (Å²) in [5, 5.41) is 7.35. The summed E-state index contributed by atoms with van der Waals surface area (Å²) < 4.78 is 4.80. The fourth-order valence-corrected chi connectivity index (χ4v) is 1.81. The van der Waals surface area contributed by atoms with E-state index in [1.54, 1.807) is 12.3 Å². The molecule has 0 aliphatic heterocycles. The Morgan fingerprint density at radius 2 is 2.24 bits per heavy atom. The fraction of sp³-hybridized carbons (Fsp3) is 0.500. The predicted molar refractivity (Wildman–Crippen MR) is 65.1 cm³/mol. The number of nitrogens with one attached hydrogen (secondary N) is 2. The van der Waals surface area contributed by atoms with E-state index < -0.39 is 0 Å². The molecule has 2 amide bonds. The molecule has 0 unspecified atom stereocenters. The zero-order chi connectivity index (χ0) is 12.7. The van der Waals surface area contributed by atoms with Crippen LogP contribution in [0, 0.1) is 0 Å². The van der Waals surface area contributed by atoms with Gasteiger partial charge >= 0.3 is 12.0 Å². The SMILES string of the molecule is CCNC(=O)Nc1nc(CC(=O)OCC)cs1. The smallest absolute Gasteiger partial charge is 0.321 e. The number of rotatable bonds is 5. The number of urea groups is 1. The Kier molecular flexibility index (Phi) is 5.41. The van der Waals surface area contributed by atoms with Crippen molar-refractivity contribution in [2.75, 3.05) is 18.5 Å². The van der Waals surface area contributed by atoms with Crippen molar-refractivity contribution in [3.8, 4) is 0 Å². The van der Waals surface area contributed by atoms with Crippen LogP contribution >= 0.6 is 11.3 Å². The summed E-state index contributed by atoms with van der Waals surface area (Å²) in [7, 11) is 0. The number of hydrogen-bond donors (Lipinski definition) is 2. The third-order valence-electron chi connectivity index (χ3n) is 1.74. The van der Waals surface area contributed by atoms with Crippen molar-refractivity contribution in [2.24, 2.45) is 0 Å². The minimum absolute atomic E-state index is 0.126. The molecule has 0 spiro atoms. The van der Waals surface area contributed by atoms with Gasteiger partial charge in [-0.3, -0.25) is 10.1 Å². The Hall–Kier alpha value is -1.63. The highest BCUT2D eigenvalue weighted by molar-refractivity contribution is 7.13. The van der Waals surface area contributed by atoms with E-state index in [0.717, 1.165) is 0 Å². The molecule has 6 nitrogen and oxygen atoms in total. The molecule has 2 N–H and O–H groups in total. The monoisotopic (exact) mass is 257 g/mol. The molecule has 0 aromatic carbocycles. The van der Waals surface area contributed by atoms with Gasteiger partial charge in [0.15, 0.2) is 5.13 Å². The summed E-state index contributed by atoms with van der Waals surface area (Å²) in [5.74, 6) is -0.317. The minimum Gasteiger partial charge on any atom is -0.466 e. The lowest BCUT2D eigenvalue weighted by molar-refractivity contribution is -0.142. The Morgan fingerprint density at radius 3 is 2.88 bits per heavy atom. The van der Waals surface area contributed by atoms with E-state index in [9.17, 15) is 9.59 Å². The average molecular weight is 257 g/mol. The number of nitrogens with zero attached hydrogens (tertiary/aromatic N) is 1. The van der Waals surface area contributed by atoms with Crippen LogP contribution in [0.3, 0.4) is 0 Å². The average Bonchev–Trinajstić information content (AvgIpc) is 2.66. The summed E-state index contributed by atoms with van der Waals surface area (Å²) >= 11 is 1.27. The maximum absolute atomic E-state index is 11.2. The van der Waals surface area contributed by atoms with Crippen molar-refractivity contribution >= 4 is 28.5 Å². The molecule has 0 aliphatic rings. The highest BCUT2D eigenvalue weighted by Gasteiger charge is 2.09. The largest absolute Gasteiger partial charge is 0.466 e.